The molecule has 2 rings (SSSR count). The van der Waals surface area contributed by atoms with Crippen molar-refractivity contribution in [3.05, 3.63) is 69.9 Å². The Morgan fingerprint density at radius 3 is 2.31 bits per heavy atom. The highest BCUT2D eigenvalue weighted by molar-refractivity contribution is 9.10. The van der Waals surface area contributed by atoms with Crippen LogP contribution in [-0.4, -0.2) is 5.11 Å². The first-order valence-corrected chi connectivity index (χ1v) is 5.65. The van der Waals surface area contributed by atoms with E-state index in [-0.39, 0.29) is 5.82 Å². The van der Waals surface area contributed by atoms with Crippen LogP contribution >= 0.6 is 15.9 Å². The first kappa shape index (κ1) is 11.3. The summed E-state index contributed by atoms with van der Waals surface area (Å²) in [6.07, 6.45) is -0.788. The van der Waals surface area contributed by atoms with Crippen molar-refractivity contribution in [2.75, 3.05) is 0 Å². The number of aliphatic hydroxyl groups excluding tert-OH is 1. The summed E-state index contributed by atoms with van der Waals surface area (Å²) in [4.78, 5) is 0. The SMILES string of the molecule is OC(c1ccc(Br)cc1)c1cccc(F)c1. The molecule has 0 fully saturated rings. The molecule has 0 amide bonds. The average molecular weight is 281 g/mol. The van der Waals surface area contributed by atoms with Crippen LogP contribution in [0.5, 0.6) is 0 Å². The zero-order valence-electron chi connectivity index (χ0n) is 8.40. The summed E-state index contributed by atoms with van der Waals surface area (Å²) in [6.45, 7) is 0. The van der Waals surface area contributed by atoms with Gasteiger partial charge in [-0.05, 0) is 35.4 Å². The van der Waals surface area contributed by atoms with Gasteiger partial charge in [-0.25, -0.2) is 4.39 Å². The van der Waals surface area contributed by atoms with Crippen LogP contribution in [0.15, 0.2) is 53.0 Å². The fourth-order valence-corrected chi connectivity index (χ4v) is 1.78. The van der Waals surface area contributed by atoms with Crippen LogP contribution in [0.4, 0.5) is 4.39 Å². The van der Waals surface area contributed by atoms with Crippen molar-refractivity contribution in [3.63, 3.8) is 0 Å². The molecule has 0 aromatic heterocycles. The number of hydrogen-bond donors (Lipinski definition) is 1. The highest BCUT2D eigenvalue weighted by Crippen LogP contribution is 2.23. The lowest BCUT2D eigenvalue weighted by molar-refractivity contribution is 0.220. The second kappa shape index (κ2) is 4.76. The quantitative estimate of drug-likeness (QED) is 0.890. The maximum Gasteiger partial charge on any atom is 0.123 e. The van der Waals surface area contributed by atoms with Gasteiger partial charge in [0.1, 0.15) is 11.9 Å². The van der Waals surface area contributed by atoms with Crippen molar-refractivity contribution in [2.45, 2.75) is 6.10 Å². The normalized spacial score (nSPS) is 12.4. The average Bonchev–Trinajstić information content (AvgIpc) is 2.29. The number of halogens is 2. The molecule has 0 aliphatic carbocycles. The van der Waals surface area contributed by atoms with Crippen LogP contribution in [-0.2, 0) is 0 Å². The van der Waals surface area contributed by atoms with Crippen molar-refractivity contribution in [1.82, 2.24) is 0 Å². The van der Waals surface area contributed by atoms with E-state index >= 15 is 0 Å². The molecule has 2 aromatic rings. The summed E-state index contributed by atoms with van der Waals surface area (Å²) in [7, 11) is 0. The summed E-state index contributed by atoms with van der Waals surface area (Å²) in [5.41, 5.74) is 1.30. The first-order valence-electron chi connectivity index (χ1n) is 4.86. The Morgan fingerprint density at radius 2 is 1.69 bits per heavy atom. The van der Waals surface area contributed by atoms with Gasteiger partial charge >= 0.3 is 0 Å². The molecule has 82 valence electrons. The molecule has 0 saturated heterocycles. The summed E-state index contributed by atoms with van der Waals surface area (Å²) in [5, 5.41) is 10.0. The molecule has 16 heavy (non-hydrogen) atoms. The van der Waals surface area contributed by atoms with E-state index < -0.39 is 6.10 Å². The standard InChI is InChI=1S/C13H10BrFO/c14-11-6-4-9(5-7-11)13(16)10-2-1-3-12(15)8-10/h1-8,13,16H. The largest absolute Gasteiger partial charge is 0.384 e. The van der Waals surface area contributed by atoms with Crippen molar-refractivity contribution >= 4 is 15.9 Å². The highest BCUT2D eigenvalue weighted by Gasteiger charge is 2.10. The Hall–Kier alpha value is -1.19. The van der Waals surface area contributed by atoms with Gasteiger partial charge < -0.3 is 5.11 Å². The van der Waals surface area contributed by atoms with E-state index in [1.165, 1.54) is 12.1 Å². The Morgan fingerprint density at radius 1 is 1.00 bits per heavy atom. The number of benzene rings is 2. The van der Waals surface area contributed by atoms with Crippen LogP contribution < -0.4 is 0 Å². The van der Waals surface area contributed by atoms with Crippen LogP contribution in [0.1, 0.15) is 17.2 Å². The number of hydrogen-bond acceptors (Lipinski definition) is 1. The van der Waals surface area contributed by atoms with Crippen LogP contribution in [0, 0.1) is 5.82 Å². The van der Waals surface area contributed by atoms with E-state index in [4.69, 9.17) is 0 Å². The minimum Gasteiger partial charge on any atom is -0.384 e. The molecule has 1 nitrogen and oxygen atoms in total. The lowest BCUT2D eigenvalue weighted by atomic mass is 10.0. The third-order valence-electron chi connectivity index (χ3n) is 2.35. The van der Waals surface area contributed by atoms with Crippen molar-refractivity contribution < 1.29 is 9.50 Å². The van der Waals surface area contributed by atoms with Gasteiger partial charge in [0.15, 0.2) is 0 Å². The van der Waals surface area contributed by atoms with E-state index in [0.29, 0.717) is 5.56 Å². The zero-order chi connectivity index (χ0) is 11.5. The molecule has 0 heterocycles. The predicted molar refractivity (Wildman–Crippen MR) is 64.6 cm³/mol. The van der Waals surface area contributed by atoms with Gasteiger partial charge in [-0.2, -0.15) is 0 Å². The maximum absolute atomic E-state index is 13.0. The predicted octanol–water partition coefficient (Wildman–Crippen LogP) is 3.67. The second-order valence-electron chi connectivity index (χ2n) is 3.51. The van der Waals surface area contributed by atoms with Crippen molar-refractivity contribution in [1.29, 1.82) is 0 Å². The van der Waals surface area contributed by atoms with Gasteiger partial charge in [0.05, 0.1) is 0 Å². The molecule has 0 spiro atoms. The van der Waals surface area contributed by atoms with Gasteiger partial charge in [0.2, 0.25) is 0 Å². The molecule has 1 atom stereocenters. The Bertz CT molecular complexity index is 482. The van der Waals surface area contributed by atoms with Gasteiger partial charge in [-0.3, -0.25) is 0 Å². The number of aliphatic hydroxyl groups is 1. The minimum absolute atomic E-state index is 0.339. The molecule has 0 saturated carbocycles. The third-order valence-corrected chi connectivity index (χ3v) is 2.88. The van der Waals surface area contributed by atoms with Gasteiger partial charge in [-0.15, -0.1) is 0 Å². The van der Waals surface area contributed by atoms with E-state index in [9.17, 15) is 9.50 Å². The monoisotopic (exact) mass is 280 g/mol. The topological polar surface area (TPSA) is 20.2 Å². The van der Waals surface area contributed by atoms with Crippen LogP contribution in [0.25, 0.3) is 0 Å². The van der Waals surface area contributed by atoms with Crippen molar-refractivity contribution in [3.8, 4) is 0 Å². The smallest absolute Gasteiger partial charge is 0.123 e. The summed E-state index contributed by atoms with van der Waals surface area (Å²) >= 11 is 3.32. The van der Waals surface area contributed by atoms with Gasteiger partial charge in [-0.1, -0.05) is 40.2 Å². The molecular formula is C13H10BrFO. The van der Waals surface area contributed by atoms with Crippen LogP contribution in [0.3, 0.4) is 0 Å². The van der Waals surface area contributed by atoms with Crippen LogP contribution in [0.2, 0.25) is 0 Å². The van der Waals surface area contributed by atoms with E-state index in [2.05, 4.69) is 15.9 Å². The third kappa shape index (κ3) is 2.49. The highest BCUT2D eigenvalue weighted by atomic mass is 79.9. The van der Waals surface area contributed by atoms with Crippen molar-refractivity contribution in [2.24, 2.45) is 0 Å². The Balaban J connectivity index is 2.31. The molecule has 0 radical (unpaired) electrons. The molecule has 0 aliphatic rings. The fraction of sp³-hybridized carbons (Fsp3) is 0.0769. The molecule has 1 unspecified atom stereocenters. The Labute approximate surface area is 102 Å². The lowest BCUT2D eigenvalue weighted by Gasteiger charge is -2.11. The van der Waals surface area contributed by atoms with Gasteiger partial charge in [0, 0.05) is 4.47 Å². The summed E-state index contributed by atoms with van der Waals surface area (Å²) in [5.74, 6) is -0.339. The summed E-state index contributed by atoms with van der Waals surface area (Å²) < 4.78 is 13.9. The molecule has 0 bridgehead atoms. The lowest BCUT2D eigenvalue weighted by Crippen LogP contribution is -1.99. The zero-order valence-corrected chi connectivity index (χ0v) is 9.99. The molecule has 1 N–H and O–H groups in total. The number of rotatable bonds is 2. The van der Waals surface area contributed by atoms with Gasteiger partial charge in [0.25, 0.3) is 0 Å². The minimum atomic E-state index is -0.788. The second-order valence-corrected chi connectivity index (χ2v) is 4.42. The molecule has 2 aromatic carbocycles. The summed E-state index contributed by atoms with van der Waals surface area (Å²) in [6, 6.07) is 13.3. The van der Waals surface area contributed by atoms with E-state index in [0.717, 1.165) is 10.0 Å². The Kier molecular flexibility index (Phi) is 3.36. The fourth-order valence-electron chi connectivity index (χ4n) is 1.51. The first-order chi connectivity index (χ1) is 7.66. The van der Waals surface area contributed by atoms with E-state index in [1.807, 2.05) is 12.1 Å². The molecule has 3 heteroatoms. The van der Waals surface area contributed by atoms with E-state index in [1.54, 1.807) is 24.3 Å². The molecular weight excluding hydrogens is 271 g/mol. The maximum atomic E-state index is 13.0. The molecule has 0 aliphatic heterocycles.